The molecule has 2 unspecified atom stereocenters. The minimum atomic E-state index is -0.753. The summed E-state index contributed by atoms with van der Waals surface area (Å²) in [7, 11) is 0. The second-order valence-electron chi connectivity index (χ2n) is 6.69. The van der Waals surface area contributed by atoms with Gasteiger partial charge in [-0.3, -0.25) is 19.7 Å². The molecule has 0 aliphatic carbocycles. The van der Waals surface area contributed by atoms with E-state index in [0.29, 0.717) is 6.42 Å². The van der Waals surface area contributed by atoms with Crippen LogP contribution in [0.1, 0.15) is 36.4 Å². The van der Waals surface area contributed by atoms with Gasteiger partial charge in [0.15, 0.2) is 0 Å². The predicted octanol–water partition coefficient (Wildman–Crippen LogP) is 3.66. The quantitative estimate of drug-likeness (QED) is 0.780. The van der Waals surface area contributed by atoms with Crippen LogP contribution in [0.3, 0.4) is 0 Å². The Bertz CT molecular complexity index is 908. The summed E-state index contributed by atoms with van der Waals surface area (Å²) < 4.78 is 0. The van der Waals surface area contributed by atoms with Crippen LogP contribution in [0.4, 0.5) is 0 Å². The molecule has 132 valence electrons. The van der Waals surface area contributed by atoms with Gasteiger partial charge in [0.2, 0.25) is 0 Å². The van der Waals surface area contributed by atoms with Crippen LogP contribution in [0.15, 0.2) is 61.1 Å². The fourth-order valence-electron chi connectivity index (χ4n) is 3.97. The third kappa shape index (κ3) is 3.06. The summed E-state index contributed by atoms with van der Waals surface area (Å²) in [5.41, 5.74) is 3.01. The maximum atomic E-state index is 11.9. The van der Waals surface area contributed by atoms with E-state index in [4.69, 9.17) is 0 Å². The van der Waals surface area contributed by atoms with Gasteiger partial charge in [0.25, 0.3) is 0 Å². The van der Waals surface area contributed by atoms with Crippen LogP contribution in [-0.4, -0.2) is 38.5 Å². The molecule has 1 aliphatic heterocycles. The van der Waals surface area contributed by atoms with Gasteiger partial charge < -0.3 is 5.11 Å². The highest BCUT2D eigenvalue weighted by molar-refractivity contribution is 5.83. The van der Waals surface area contributed by atoms with Gasteiger partial charge in [-0.1, -0.05) is 30.7 Å². The standard InChI is InChI=1S/C21H21N3O2/c25-21(26)19-9-3-4-13-24(19)20(15-6-5-11-22-14-15)17-10-12-23-18-8-2-1-7-16(17)18/h1-2,5-8,10-12,14,19-20H,3-4,9,13H2,(H,25,26). The molecule has 1 N–H and O–H groups in total. The zero-order valence-electron chi connectivity index (χ0n) is 14.5. The number of carboxylic acids is 1. The normalized spacial score (nSPS) is 19.3. The molecule has 0 spiro atoms. The molecule has 26 heavy (non-hydrogen) atoms. The van der Waals surface area contributed by atoms with E-state index in [1.165, 1.54) is 0 Å². The molecule has 2 aromatic heterocycles. The van der Waals surface area contributed by atoms with Gasteiger partial charge in [0.1, 0.15) is 6.04 Å². The highest BCUT2D eigenvalue weighted by atomic mass is 16.4. The second-order valence-corrected chi connectivity index (χ2v) is 6.69. The lowest BCUT2D eigenvalue weighted by Gasteiger charge is -2.39. The lowest BCUT2D eigenvalue weighted by Crippen LogP contribution is -2.46. The summed E-state index contributed by atoms with van der Waals surface area (Å²) in [5.74, 6) is -0.753. The van der Waals surface area contributed by atoms with E-state index in [1.54, 1.807) is 12.4 Å². The van der Waals surface area contributed by atoms with Crippen molar-refractivity contribution in [2.24, 2.45) is 0 Å². The number of carboxylic acid groups (broad SMARTS) is 1. The molecule has 1 saturated heterocycles. The Hall–Kier alpha value is -2.79. The van der Waals surface area contributed by atoms with E-state index in [-0.39, 0.29) is 6.04 Å². The molecule has 0 radical (unpaired) electrons. The van der Waals surface area contributed by atoms with Crippen molar-refractivity contribution in [2.45, 2.75) is 31.3 Å². The molecular weight excluding hydrogens is 326 g/mol. The Labute approximate surface area is 152 Å². The monoisotopic (exact) mass is 347 g/mol. The van der Waals surface area contributed by atoms with Crippen molar-refractivity contribution in [3.63, 3.8) is 0 Å². The molecule has 0 saturated carbocycles. The van der Waals surface area contributed by atoms with E-state index in [0.717, 1.165) is 41.4 Å². The molecule has 3 heterocycles. The largest absolute Gasteiger partial charge is 0.480 e. The zero-order valence-corrected chi connectivity index (χ0v) is 14.5. The van der Waals surface area contributed by atoms with E-state index < -0.39 is 12.0 Å². The smallest absolute Gasteiger partial charge is 0.320 e. The Kier molecular flexibility index (Phi) is 4.63. The molecular formula is C21H21N3O2. The summed E-state index contributed by atoms with van der Waals surface area (Å²) in [6.45, 7) is 0.757. The van der Waals surface area contributed by atoms with E-state index in [9.17, 15) is 9.90 Å². The summed E-state index contributed by atoms with van der Waals surface area (Å²) in [6.07, 6.45) is 8.02. The number of hydrogen-bond acceptors (Lipinski definition) is 4. The van der Waals surface area contributed by atoms with Crippen LogP contribution in [0.5, 0.6) is 0 Å². The van der Waals surface area contributed by atoms with Crippen molar-refractivity contribution in [1.82, 2.24) is 14.9 Å². The number of para-hydroxylation sites is 1. The van der Waals surface area contributed by atoms with Crippen LogP contribution >= 0.6 is 0 Å². The van der Waals surface area contributed by atoms with Crippen LogP contribution in [-0.2, 0) is 4.79 Å². The lowest BCUT2D eigenvalue weighted by atomic mass is 9.91. The first-order valence-electron chi connectivity index (χ1n) is 8.98. The van der Waals surface area contributed by atoms with Gasteiger partial charge in [-0.25, -0.2) is 0 Å². The lowest BCUT2D eigenvalue weighted by molar-refractivity contribution is -0.145. The van der Waals surface area contributed by atoms with Gasteiger partial charge in [-0.05, 0) is 48.7 Å². The molecule has 5 heteroatoms. The first kappa shape index (κ1) is 16.7. The highest BCUT2D eigenvalue weighted by Gasteiger charge is 2.35. The minimum Gasteiger partial charge on any atom is -0.480 e. The number of carbonyl (C=O) groups is 1. The minimum absolute atomic E-state index is 0.155. The average molecular weight is 347 g/mol. The number of rotatable bonds is 4. The van der Waals surface area contributed by atoms with Crippen molar-refractivity contribution < 1.29 is 9.90 Å². The predicted molar refractivity (Wildman–Crippen MR) is 99.8 cm³/mol. The number of piperidine rings is 1. The summed E-state index contributed by atoms with van der Waals surface area (Å²) in [5, 5.41) is 10.8. The summed E-state index contributed by atoms with van der Waals surface area (Å²) >= 11 is 0. The number of nitrogens with zero attached hydrogens (tertiary/aromatic N) is 3. The van der Waals surface area contributed by atoms with Gasteiger partial charge in [0.05, 0.1) is 11.6 Å². The SMILES string of the molecule is O=C(O)C1CCCCN1C(c1cccnc1)c1ccnc2ccccc12. The number of benzene rings is 1. The fourth-order valence-corrected chi connectivity index (χ4v) is 3.97. The van der Waals surface area contributed by atoms with Gasteiger partial charge in [-0.2, -0.15) is 0 Å². The second kappa shape index (κ2) is 7.22. The number of pyridine rings is 2. The van der Waals surface area contributed by atoms with E-state index in [2.05, 4.69) is 20.9 Å². The van der Waals surface area contributed by atoms with Gasteiger partial charge in [-0.15, -0.1) is 0 Å². The Morgan fingerprint density at radius 2 is 2.00 bits per heavy atom. The van der Waals surface area contributed by atoms with Crippen molar-refractivity contribution in [3.05, 3.63) is 72.2 Å². The first-order chi connectivity index (χ1) is 12.8. The third-order valence-corrected chi connectivity index (χ3v) is 5.14. The van der Waals surface area contributed by atoms with Crippen molar-refractivity contribution in [1.29, 1.82) is 0 Å². The molecule has 3 aromatic rings. The Balaban J connectivity index is 1.90. The van der Waals surface area contributed by atoms with Crippen LogP contribution in [0.25, 0.3) is 10.9 Å². The zero-order chi connectivity index (χ0) is 17.9. The number of fused-ring (bicyclic) bond motifs is 1. The van der Waals surface area contributed by atoms with Crippen LogP contribution in [0, 0.1) is 0 Å². The van der Waals surface area contributed by atoms with Crippen LogP contribution in [0.2, 0.25) is 0 Å². The average Bonchev–Trinajstić information content (AvgIpc) is 2.69. The highest BCUT2D eigenvalue weighted by Crippen LogP contribution is 2.36. The van der Waals surface area contributed by atoms with Crippen molar-refractivity contribution in [3.8, 4) is 0 Å². The molecule has 5 nitrogen and oxygen atoms in total. The molecule has 1 aliphatic rings. The maximum Gasteiger partial charge on any atom is 0.320 e. The van der Waals surface area contributed by atoms with E-state index >= 15 is 0 Å². The van der Waals surface area contributed by atoms with Crippen molar-refractivity contribution >= 4 is 16.9 Å². The molecule has 0 bridgehead atoms. The molecule has 0 amide bonds. The molecule has 1 aromatic carbocycles. The topological polar surface area (TPSA) is 66.3 Å². The maximum absolute atomic E-state index is 11.9. The molecule has 1 fully saturated rings. The Morgan fingerprint density at radius 3 is 2.81 bits per heavy atom. The Morgan fingerprint density at radius 1 is 1.12 bits per heavy atom. The van der Waals surface area contributed by atoms with Gasteiger partial charge in [0, 0.05) is 24.0 Å². The molecule has 2 atom stereocenters. The van der Waals surface area contributed by atoms with Crippen molar-refractivity contribution in [2.75, 3.05) is 6.54 Å². The van der Waals surface area contributed by atoms with Crippen LogP contribution < -0.4 is 0 Å². The third-order valence-electron chi connectivity index (χ3n) is 5.14. The number of hydrogen-bond donors (Lipinski definition) is 1. The summed E-state index contributed by atoms with van der Waals surface area (Å²) in [6, 6.07) is 13.3. The fraction of sp³-hybridized carbons (Fsp3) is 0.286. The number of aromatic nitrogens is 2. The van der Waals surface area contributed by atoms with Gasteiger partial charge >= 0.3 is 5.97 Å². The number of aliphatic carboxylic acids is 1. The first-order valence-corrected chi connectivity index (χ1v) is 8.98. The number of likely N-dealkylation sites (tertiary alicyclic amines) is 1. The summed E-state index contributed by atoms with van der Waals surface area (Å²) in [4.78, 5) is 22.8. The van der Waals surface area contributed by atoms with E-state index in [1.807, 2.05) is 42.6 Å². The molecule has 4 rings (SSSR count).